The predicted molar refractivity (Wildman–Crippen MR) is 92.4 cm³/mol. The van der Waals surface area contributed by atoms with Gasteiger partial charge in [0.2, 0.25) is 5.91 Å². The van der Waals surface area contributed by atoms with Gasteiger partial charge in [0.1, 0.15) is 28.6 Å². The molecule has 3 atom stereocenters. The fourth-order valence-corrected chi connectivity index (χ4v) is 5.33. The number of thioether (sulfide) groups is 1. The molecular weight excluding hydrogens is 390 g/mol. The fourth-order valence-electron chi connectivity index (χ4n) is 2.60. The van der Waals surface area contributed by atoms with Gasteiger partial charge in [0.15, 0.2) is 9.84 Å². The van der Waals surface area contributed by atoms with Crippen LogP contribution in [0.15, 0.2) is 11.3 Å². The average Bonchev–Trinajstić information content (AvgIpc) is 2.51. The van der Waals surface area contributed by atoms with Crippen molar-refractivity contribution in [3.8, 4) is 6.07 Å². The molecule has 25 heavy (non-hydrogen) atoms. The van der Waals surface area contributed by atoms with E-state index in [1.165, 1.54) is 17.8 Å². The van der Waals surface area contributed by atoms with E-state index in [9.17, 15) is 27.9 Å². The SMILES string of the molecule is CC1=C(C(=O)O)N2C(=O)C(NC(=O)CS(=O)(=O)CC#N)[C@H]2SC1CS. The first kappa shape index (κ1) is 19.6. The lowest BCUT2D eigenvalue weighted by molar-refractivity contribution is -0.150. The van der Waals surface area contributed by atoms with Crippen LogP contribution < -0.4 is 5.32 Å². The monoisotopic (exact) mass is 405 g/mol. The standard InChI is InChI=1S/C13H15N3O6S3/c1-6-7(4-23)24-12-9(11(18)16(12)10(6)13(19)20)15-8(17)5-25(21,22)3-2-14/h7,9,12,23H,3-5H2,1H3,(H,15,17)(H,19,20)/t7?,9?,12-/m1/s1. The minimum atomic E-state index is -3.88. The van der Waals surface area contributed by atoms with Gasteiger partial charge in [-0.05, 0) is 12.5 Å². The van der Waals surface area contributed by atoms with E-state index < -0.39 is 50.5 Å². The molecule has 136 valence electrons. The number of fused-ring (bicyclic) bond motifs is 1. The van der Waals surface area contributed by atoms with Crippen molar-refractivity contribution in [2.75, 3.05) is 17.3 Å². The number of sulfone groups is 1. The van der Waals surface area contributed by atoms with Gasteiger partial charge in [0.25, 0.3) is 5.91 Å². The molecule has 2 rings (SSSR count). The van der Waals surface area contributed by atoms with Crippen LogP contribution in [0.25, 0.3) is 0 Å². The number of aliphatic carboxylic acids is 1. The number of hydrogen-bond acceptors (Lipinski definition) is 8. The number of thiol groups is 1. The Morgan fingerprint density at radius 2 is 2.12 bits per heavy atom. The molecule has 9 nitrogen and oxygen atoms in total. The lowest BCUT2D eigenvalue weighted by Gasteiger charge is -2.51. The van der Waals surface area contributed by atoms with E-state index in [-0.39, 0.29) is 10.9 Å². The zero-order chi connectivity index (χ0) is 18.9. The topological polar surface area (TPSA) is 145 Å². The number of carbonyl (C=O) groups excluding carboxylic acids is 2. The quantitative estimate of drug-likeness (QED) is 0.376. The zero-order valence-corrected chi connectivity index (χ0v) is 15.5. The van der Waals surface area contributed by atoms with Gasteiger partial charge in [-0.3, -0.25) is 14.5 Å². The summed E-state index contributed by atoms with van der Waals surface area (Å²) in [4.78, 5) is 36.7. The number of amides is 2. The van der Waals surface area contributed by atoms with Crippen LogP contribution in [0, 0.1) is 11.3 Å². The first-order valence-electron chi connectivity index (χ1n) is 7.03. The summed E-state index contributed by atoms with van der Waals surface area (Å²) in [5, 5.41) is 19.2. The van der Waals surface area contributed by atoms with Crippen LogP contribution in [0.1, 0.15) is 6.92 Å². The second-order valence-corrected chi connectivity index (χ2v) is 9.23. The molecule has 1 saturated heterocycles. The highest BCUT2D eigenvalue weighted by atomic mass is 32.2. The molecule has 0 saturated carbocycles. The van der Waals surface area contributed by atoms with Crippen molar-refractivity contribution < 1.29 is 27.9 Å². The minimum absolute atomic E-state index is 0.129. The molecule has 2 N–H and O–H groups in total. The van der Waals surface area contributed by atoms with E-state index in [2.05, 4.69) is 17.9 Å². The van der Waals surface area contributed by atoms with Crippen molar-refractivity contribution in [2.45, 2.75) is 23.6 Å². The Bertz CT molecular complexity index is 800. The van der Waals surface area contributed by atoms with Crippen molar-refractivity contribution in [3.63, 3.8) is 0 Å². The van der Waals surface area contributed by atoms with Crippen molar-refractivity contribution in [3.05, 3.63) is 11.3 Å². The maximum absolute atomic E-state index is 12.3. The molecule has 2 aliphatic heterocycles. The molecule has 1 fully saturated rings. The normalized spacial score (nSPS) is 25.7. The van der Waals surface area contributed by atoms with Crippen LogP contribution >= 0.6 is 24.4 Å². The Balaban J connectivity index is 2.15. The molecule has 2 aliphatic rings. The lowest BCUT2D eigenvalue weighted by atomic mass is 10.0. The summed E-state index contributed by atoms with van der Waals surface area (Å²) in [7, 11) is -3.88. The van der Waals surface area contributed by atoms with Crippen LogP contribution in [0.2, 0.25) is 0 Å². The number of rotatable bonds is 6. The van der Waals surface area contributed by atoms with E-state index in [4.69, 9.17) is 5.26 Å². The summed E-state index contributed by atoms with van der Waals surface area (Å²) in [5.74, 6) is -4.11. The van der Waals surface area contributed by atoms with Gasteiger partial charge < -0.3 is 10.4 Å². The molecule has 0 aromatic carbocycles. The summed E-state index contributed by atoms with van der Waals surface area (Å²) in [6.45, 7) is 1.61. The Hall–Kier alpha value is -1.71. The first-order valence-corrected chi connectivity index (χ1v) is 10.4. The number of carbonyl (C=O) groups is 3. The molecule has 0 radical (unpaired) electrons. The third-order valence-corrected chi connectivity index (χ3v) is 7.26. The molecule has 0 aliphatic carbocycles. The molecule has 2 heterocycles. The zero-order valence-electron chi connectivity index (χ0n) is 13.0. The van der Waals surface area contributed by atoms with E-state index >= 15 is 0 Å². The molecule has 0 aromatic heterocycles. The van der Waals surface area contributed by atoms with Crippen LogP contribution in [0.3, 0.4) is 0 Å². The van der Waals surface area contributed by atoms with Crippen molar-refractivity contribution in [2.24, 2.45) is 0 Å². The summed E-state index contributed by atoms with van der Waals surface area (Å²) < 4.78 is 23.0. The number of nitrogens with one attached hydrogen (secondary N) is 1. The van der Waals surface area contributed by atoms with Crippen LogP contribution in [0.5, 0.6) is 0 Å². The van der Waals surface area contributed by atoms with Gasteiger partial charge in [-0.1, -0.05) is 0 Å². The van der Waals surface area contributed by atoms with Crippen molar-refractivity contribution in [1.29, 1.82) is 5.26 Å². The predicted octanol–water partition coefficient (Wildman–Crippen LogP) is -1.02. The molecule has 0 aromatic rings. The summed E-state index contributed by atoms with van der Waals surface area (Å²) in [5.41, 5.74) is 0.383. The number of nitrogens with zero attached hydrogens (tertiary/aromatic N) is 2. The molecule has 12 heteroatoms. The number of carboxylic acids is 1. The van der Waals surface area contributed by atoms with Crippen LogP contribution in [-0.4, -0.2) is 70.1 Å². The Morgan fingerprint density at radius 3 is 2.64 bits per heavy atom. The van der Waals surface area contributed by atoms with Crippen LogP contribution in [-0.2, 0) is 24.2 Å². The highest BCUT2D eigenvalue weighted by molar-refractivity contribution is 8.01. The fraction of sp³-hybridized carbons (Fsp3) is 0.538. The highest BCUT2D eigenvalue weighted by Gasteiger charge is 2.55. The second kappa shape index (κ2) is 7.27. The number of carboxylic acid groups (broad SMARTS) is 1. The Kier molecular flexibility index (Phi) is 5.70. The second-order valence-electron chi connectivity index (χ2n) is 5.48. The van der Waals surface area contributed by atoms with Gasteiger partial charge >= 0.3 is 5.97 Å². The largest absolute Gasteiger partial charge is 0.477 e. The minimum Gasteiger partial charge on any atom is -0.477 e. The van der Waals surface area contributed by atoms with E-state index in [0.29, 0.717) is 11.3 Å². The van der Waals surface area contributed by atoms with E-state index in [1.54, 1.807) is 6.92 Å². The van der Waals surface area contributed by atoms with E-state index in [0.717, 1.165) is 4.90 Å². The first-order chi connectivity index (χ1) is 11.6. The van der Waals surface area contributed by atoms with Crippen LogP contribution in [0.4, 0.5) is 0 Å². The Morgan fingerprint density at radius 1 is 1.48 bits per heavy atom. The van der Waals surface area contributed by atoms with E-state index in [1.807, 2.05) is 0 Å². The van der Waals surface area contributed by atoms with Gasteiger partial charge in [0.05, 0.1) is 6.07 Å². The number of hydrogen-bond donors (Lipinski definition) is 3. The van der Waals surface area contributed by atoms with Gasteiger partial charge in [0, 0.05) is 11.0 Å². The smallest absolute Gasteiger partial charge is 0.352 e. The maximum Gasteiger partial charge on any atom is 0.352 e. The van der Waals surface area contributed by atoms with Gasteiger partial charge in [-0.25, -0.2) is 13.2 Å². The molecule has 2 unspecified atom stereocenters. The van der Waals surface area contributed by atoms with Gasteiger partial charge in [-0.2, -0.15) is 17.9 Å². The third kappa shape index (κ3) is 3.78. The average molecular weight is 405 g/mol. The molecular formula is C13H15N3O6S3. The highest BCUT2D eigenvalue weighted by Crippen LogP contribution is 2.44. The Labute approximate surface area is 153 Å². The van der Waals surface area contributed by atoms with Crippen molar-refractivity contribution in [1.82, 2.24) is 10.2 Å². The number of β-lactam (4-membered cyclic amide) rings is 1. The molecule has 2 amide bonds. The number of nitriles is 1. The molecule has 0 bridgehead atoms. The maximum atomic E-state index is 12.3. The summed E-state index contributed by atoms with van der Waals surface area (Å²) in [6, 6.07) is 0.444. The molecule has 0 spiro atoms. The lowest BCUT2D eigenvalue weighted by Crippen LogP contribution is -2.71. The van der Waals surface area contributed by atoms with Gasteiger partial charge in [-0.15, -0.1) is 11.8 Å². The summed E-state index contributed by atoms with van der Waals surface area (Å²) in [6.07, 6.45) is 0. The summed E-state index contributed by atoms with van der Waals surface area (Å²) >= 11 is 5.46. The van der Waals surface area contributed by atoms with Crippen molar-refractivity contribution >= 4 is 52.0 Å². The third-order valence-electron chi connectivity index (χ3n) is 3.76.